The van der Waals surface area contributed by atoms with Crippen molar-refractivity contribution in [2.75, 3.05) is 0 Å². The van der Waals surface area contributed by atoms with E-state index in [4.69, 9.17) is 0 Å². The summed E-state index contributed by atoms with van der Waals surface area (Å²) in [7, 11) is 0. The molecule has 0 atom stereocenters. The van der Waals surface area contributed by atoms with E-state index in [2.05, 4.69) is 40.2 Å². The fourth-order valence-corrected chi connectivity index (χ4v) is 2.45. The van der Waals surface area contributed by atoms with Crippen LogP contribution in [0.15, 0.2) is 70.7 Å². The standard InChI is InChI=1S/C16H18N2S/c1-3-4-8-14(2)13-18-11-12-19-16(18)17-15-9-6-5-7-10-15/h3-12H,13H2,1-2H3. The number of hydrogen-bond donors (Lipinski definition) is 0. The van der Waals surface area contributed by atoms with Gasteiger partial charge in [0.25, 0.3) is 0 Å². The third-order valence-electron chi connectivity index (χ3n) is 2.63. The van der Waals surface area contributed by atoms with Crippen LogP contribution in [0, 0.1) is 0 Å². The maximum Gasteiger partial charge on any atom is 0.190 e. The molecule has 0 spiro atoms. The van der Waals surface area contributed by atoms with Gasteiger partial charge >= 0.3 is 0 Å². The first-order valence-corrected chi connectivity index (χ1v) is 7.19. The summed E-state index contributed by atoms with van der Waals surface area (Å²) in [6, 6.07) is 10.1. The molecule has 0 saturated carbocycles. The number of rotatable bonds is 4. The lowest BCUT2D eigenvalue weighted by molar-refractivity contribution is 0.757. The van der Waals surface area contributed by atoms with Crippen LogP contribution < -0.4 is 4.80 Å². The minimum absolute atomic E-state index is 0.875. The van der Waals surface area contributed by atoms with Crippen LogP contribution in [0.25, 0.3) is 0 Å². The van der Waals surface area contributed by atoms with Gasteiger partial charge in [0.15, 0.2) is 4.80 Å². The Bertz CT molecular complexity index is 630. The first-order chi connectivity index (χ1) is 9.29. The maximum atomic E-state index is 4.67. The molecule has 0 bridgehead atoms. The molecule has 1 heterocycles. The topological polar surface area (TPSA) is 17.3 Å². The quantitative estimate of drug-likeness (QED) is 0.737. The molecule has 2 aromatic rings. The average molecular weight is 270 g/mol. The van der Waals surface area contributed by atoms with Crippen molar-refractivity contribution in [3.63, 3.8) is 0 Å². The monoisotopic (exact) mass is 270 g/mol. The SMILES string of the molecule is CC=CC=C(C)Cn1ccsc1=Nc1ccccc1. The first kappa shape index (κ1) is 13.6. The van der Waals surface area contributed by atoms with E-state index < -0.39 is 0 Å². The van der Waals surface area contributed by atoms with Crippen LogP contribution in [-0.4, -0.2) is 4.57 Å². The molecule has 98 valence electrons. The van der Waals surface area contributed by atoms with Crippen LogP contribution in [0.3, 0.4) is 0 Å². The van der Waals surface area contributed by atoms with Gasteiger partial charge in [-0.05, 0) is 26.0 Å². The van der Waals surface area contributed by atoms with Gasteiger partial charge in [0.05, 0.1) is 5.69 Å². The Kier molecular flexibility index (Phi) is 4.93. The summed E-state index contributed by atoms with van der Waals surface area (Å²) in [6.07, 6.45) is 8.32. The zero-order valence-corrected chi connectivity index (χ0v) is 12.1. The Morgan fingerprint density at radius 2 is 2.11 bits per heavy atom. The highest BCUT2D eigenvalue weighted by Crippen LogP contribution is 2.09. The van der Waals surface area contributed by atoms with Crippen molar-refractivity contribution in [3.05, 3.63) is 70.5 Å². The van der Waals surface area contributed by atoms with Crippen LogP contribution in [0.1, 0.15) is 13.8 Å². The minimum Gasteiger partial charge on any atom is -0.320 e. The van der Waals surface area contributed by atoms with Gasteiger partial charge < -0.3 is 4.57 Å². The fourth-order valence-electron chi connectivity index (χ4n) is 1.70. The molecule has 1 aromatic carbocycles. The van der Waals surface area contributed by atoms with Gasteiger partial charge in [0.1, 0.15) is 0 Å². The van der Waals surface area contributed by atoms with Gasteiger partial charge in [-0.1, -0.05) is 42.0 Å². The Balaban J connectivity index is 2.26. The predicted octanol–water partition coefficient (Wildman–Crippen LogP) is 4.30. The van der Waals surface area contributed by atoms with Crippen LogP contribution in [0.2, 0.25) is 0 Å². The molecular weight excluding hydrogens is 252 g/mol. The number of para-hydroxylation sites is 1. The minimum atomic E-state index is 0.875. The Morgan fingerprint density at radius 1 is 1.32 bits per heavy atom. The van der Waals surface area contributed by atoms with E-state index in [1.807, 2.05) is 43.3 Å². The van der Waals surface area contributed by atoms with E-state index in [0.717, 1.165) is 17.0 Å². The third-order valence-corrected chi connectivity index (χ3v) is 3.43. The van der Waals surface area contributed by atoms with E-state index in [-0.39, 0.29) is 0 Å². The lowest BCUT2D eigenvalue weighted by atomic mass is 10.2. The molecule has 3 heteroatoms. The molecule has 19 heavy (non-hydrogen) atoms. The van der Waals surface area contributed by atoms with Crippen LogP contribution in [-0.2, 0) is 6.54 Å². The van der Waals surface area contributed by atoms with Gasteiger partial charge in [-0.25, -0.2) is 4.99 Å². The van der Waals surface area contributed by atoms with Gasteiger partial charge in [0.2, 0.25) is 0 Å². The largest absolute Gasteiger partial charge is 0.320 e. The number of aromatic nitrogens is 1. The highest BCUT2D eigenvalue weighted by molar-refractivity contribution is 7.07. The Morgan fingerprint density at radius 3 is 2.84 bits per heavy atom. The Hall–Kier alpha value is -1.87. The van der Waals surface area contributed by atoms with E-state index in [0.29, 0.717) is 0 Å². The molecule has 0 aliphatic rings. The van der Waals surface area contributed by atoms with E-state index in [1.165, 1.54) is 5.57 Å². The normalized spacial score (nSPS) is 13.4. The van der Waals surface area contributed by atoms with Gasteiger partial charge in [0, 0.05) is 18.1 Å². The molecule has 0 aliphatic carbocycles. The summed E-state index contributed by atoms with van der Waals surface area (Å²) < 4.78 is 2.17. The molecule has 0 fully saturated rings. The van der Waals surface area contributed by atoms with Crippen LogP contribution >= 0.6 is 11.3 Å². The molecule has 2 rings (SSSR count). The number of hydrogen-bond acceptors (Lipinski definition) is 2. The van der Waals surface area contributed by atoms with Crippen molar-refractivity contribution in [3.8, 4) is 0 Å². The third kappa shape index (κ3) is 4.07. The zero-order chi connectivity index (χ0) is 13.5. The average Bonchev–Trinajstić information content (AvgIpc) is 2.85. The first-order valence-electron chi connectivity index (χ1n) is 6.32. The highest BCUT2D eigenvalue weighted by atomic mass is 32.1. The van der Waals surface area contributed by atoms with E-state index in [1.54, 1.807) is 11.3 Å². The molecule has 0 radical (unpaired) electrons. The van der Waals surface area contributed by atoms with Crippen molar-refractivity contribution >= 4 is 17.0 Å². The molecule has 0 unspecified atom stereocenters. The molecular formula is C16H18N2S. The lowest BCUT2D eigenvalue weighted by Gasteiger charge is -2.02. The second-order valence-corrected chi connectivity index (χ2v) is 5.17. The van der Waals surface area contributed by atoms with Crippen molar-refractivity contribution in [2.45, 2.75) is 20.4 Å². The maximum absolute atomic E-state index is 4.67. The lowest BCUT2D eigenvalue weighted by Crippen LogP contribution is -2.14. The van der Waals surface area contributed by atoms with Crippen molar-refractivity contribution in [2.24, 2.45) is 4.99 Å². The van der Waals surface area contributed by atoms with Gasteiger partial charge in [-0.15, -0.1) is 11.3 Å². The van der Waals surface area contributed by atoms with Crippen molar-refractivity contribution in [1.82, 2.24) is 4.57 Å². The van der Waals surface area contributed by atoms with Crippen molar-refractivity contribution in [1.29, 1.82) is 0 Å². The summed E-state index contributed by atoms with van der Waals surface area (Å²) in [5.41, 5.74) is 2.31. The van der Waals surface area contributed by atoms with Crippen molar-refractivity contribution < 1.29 is 0 Å². The molecule has 0 aliphatic heterocycles. The molecule has 0 saturated heterocycles. The zero-order valence-electron chi connectivity index (χ0n) is 11.3. The number of thiazole rings is 1. The summed E-state index contributed by atoms with van der Waals surface area (Å²) in [5, 5.41) is 2.07. The summed E-state index contributed by atoms with van der Waals surface area (Å²) in [4.78, 5) is 5.70. The molecule has 0 amide bonds. The molecule has 2 nitrogen and oxygen atoms in total. The van der Waals surface area contributed by atoms with Crippen LogP contribution in [0.4, 0.5) is 5.69 Å². The highest BCUT2D eigenvalue weighted by Gasteiger charge is 1.96. The summed E-state index contributed by atoms with van der Waals surface area (Å²) in [6.45, 7) is 5.04. The smallest absolute Gasteiger partial charge is 0.190 e. The van der Waals surface area contributed by atoms with E-state index >= 15 is 0 Å². The van der Waals surface area contributed by atoms with E-state index in [9.17, 15) is 0 Å². The predicted molar refractivity (Wildman–Crippen MR) is 82.5 cm³/mol. The van der Waals surface area contributed by atoms with Gasteiger partial charge in [-0.3, -0.25) is 0 Å². The summed E-state index contributed by atoms with van der Waals surface area (Å²) >= 11 is 1.66. The summed E-state index contributed by atoms with van der Waals surface area (Å²) in [5.74, 6) is 0. The second kappa shape index (κ2) is 6.90. The number of nitrogens with zero attached hydrogens (tertiary/aromatic N) is 2. The number of benzene rings is 1. The second-order valence-electron chi connectivity index (χ2n) is 4.30. The van der Waals surface area contributed by atoms with Crippen LogP contribution in [0.5, 0.6) is 0 Å². The molecule has 1 aromatic heterocycles. The number of allylic oxidation sites excluding steroid dienone is 4. The van der Waals surface area contributed by atoms with Gasteiger partial charge in [-0.2, -0.15) is 0 Å². The Labute approximate surface area is 118 Å². The fraction of sp³-hybridized carbons (Fsp3) is 0.188. The molecule has 0 N–H and O–H groups in total.